The van der Waals surface area contributed by atoms with Crippen molar-refractivity contribution in [3.63, 3.8) is 0 Å². The fourth-order valence-corrected chi connectivity index (χ4v) is 2.89. The number of aromatic nitrogens is 2. The Kier molecular flexibility index (Phi) is 4.76. The molecule has 140 valence electrons. The summed E-state index contributed by atoms with van der Waals surface area (Å²) in [5.41, 5.74) is 3.27. The Balaban J connectivity index is 1.63. The highest BCUT2D eigenvalue weighted by Gasteiger charge is 2.20. The number of amides is 1. The van der Waals surface area contributed by atoms with Gasteiger partial charge in [-0.05, 0) is 62.4 Å². The van der Waals surface area contributed by atoms with E-state index in [0.29, 0.717) is 29.6 Å². The Morgan fingerprint density at radius 1 is 1.00 bits per heavy atom. The van der Waals surface area contributed by atoms with Crippen LogP contribution in [-0.2, 0) is 6.54 Å². The maximum Gasteiger partial charge on any atom is 0.258 e. The second kappa shape index (κ2) is 7.52. The summed E-state index contributed by atoms with van der Waals surface area (Å²) in [5, 5.41) is 3.80. The zero-order valence-corrected chi connectivity index (χ0v) is 15.6. The van der Waals surface area contributed by atoms with Crippen molar-refractivity contribution >= 4 is 11.6 Å². The summed E-state index contributed by atoms with van der Waals surface area (Å²) in [5.74, 6) is 1.60. The van der Waals surface area contributed by atoms with Gasteiger partial charge in [-0.3, -0.25) is 4.79 Å². The average molecular weight is 373 g/mol. The summed E-state index contributed by atoms with van der Waals surface area (Å²) in [6, 6.07) is 18.7. The monoisotopic (exact) mass is 373 g/mol. The summed E-state index contributed by atoms with van der Waals surface area (Å²) in [6.07, 6.45) is 1.61. The van der Waals surface area contributed by atoms with Crippen molar-refractivity contribution in [2.75, 3.05) is 4.90 Å². The van der Waals surface area contributed by atoms with Crippen LogP contribution in [0, 0.1) is 13.8 Å². The smallest absolute Gasteiger partial charge is 0.258 e. The molecule has 1 amide bonds. The molecule has 0 spiro atoms. The number of carbonyl (C=O) groups excluding carboxylic acids is 1. The van der Waals surface area contributed by atoms with Crippen LogP contribution in [0.5, 0.6) is 0 Å². The quantitative estimate of drug-likeness (QED) is 0.503. The lowest BCUT2D eigenvalue weighted by atomic mass is 10.1. The molecule has 2 heterocycles. The van der Waals surface area contributed by atoms with Gasteiger partial charge in [-0.25, -0.2) is 0 Å². The fourth-order valence-electron chi connectivity index (χ4n) is 2.89. The van der Waals surface area contributed by atoms with Crippen LogP contribution in [0.1, 0.15) is 27.5 Å². The molecule has 4 rings (SSSR count). The Labute approximate surface area is 162 Å². The molecule has 2 aromatic carbocycles. The van der Waals surface area contributed by atoms with Crippen molar-refractivity contribution in [1.29, 1.82) is 0 Å². The lowest BCUT2D eigenvalue weighted by molar-refractivity contribution is 0.0983. The summed E-state index contributed by atoms with van der Waals surface area (Å²) in [4.78, 5) is 19.2. The molecule has 4 aromatic rings. The number of aryl methyl sites for hydroxylation is 2. The second-order valence-electron chi connectivity index (χ2n) is 6.53. The van der Waals surface area contributed by atoms with E-state index in [0.717, 1.165) is 16.8 Å². The van der Waals surface area contributed by atoms with Crippen molar-refractivity contribution in [1.82, 2.24) is 10.1 Å². The van der Waals surface area contributed by atoms with Gasteiger partial charge in [0.1, 0.15) is 5.76 Å². The van der Waals surface area contributed by atoms with Crippen molar-refractivity contribution in [2.45, 2.75) is 20.4 Å². The SMILES string of the molecule is Cc1ccc(N(Cc2ccco2)C(=O)c2ccc(-c3nc(C)no3)cc2)cc1. The third-order valence-corrected chi connectivity index (χ3v) is 4.39. The van der Waals surface area contributed by atoms with Gasteiger partial charge in [0.15, 0.2) is 5.82 Å². The maximum atomic E-state index is 13.2. The topological polar surface area (TPSA) is 72.4 Å². The second-order valence-corrected chi connectivity index (χ2v) is 6.53. The van der Waals surface area contributed by atoms with E-state index in [4.69, 9.17) is 8.94 Å². The van der Waals surface area contributed by atoms with E-state index < -0.39 is 0 Å². The summed E-state index contributed by atoms with van der Waals surface area (Å²) in [7, 11) is 0. The van der Waals surface area contributed by atoms with E-state index in [1.54, 1.807) is 42.4 Å². The first-order valence-electron chi connectivity index (χ1n) is 8.92. The van der Waals surface area contributed by atoms with Gasteiger partial charge in [0.05, 0.1) is 12.8 Å². The predicted molar refractivity (Wildman–Crippen MR) is 105 cm³/mol. The summed E-state index contributed by atoms with van der Waals surface area (Å²) >= 11 is 0. The van der Waals surface area contributed by atoms with Gasteiger partial charge in [-0.15, -0.1) is 0 Å². The molecule has 0 aliphatic heterocycles. The zero-order chi connectivity index (χ0) is 19.5. The van der Waals surface area contributed by atoms with Crippen LogP contribution >= 0.6 is 0 Å². The molecule has 0 fully saturated rings. The van der Waals surface area contributed by atoms with E-state index in [9.17, 15) is 4.79 Å². The molecule has 0 saturated heterocycles. The van der Waals surface area contributed by atoms with E-state index >= 15 is 0 Å². The van der Waals surface area contributed by atoms with Gasteiger partial charge < -0.3 is 13.8 Å². The van der Waals surface area contributed by atoms with E-state index in [2.05, 4.69) is 10.1 Å². The van der Waals surface area contributed by atoms with Crippen LogP contribution in [-0.4, -0.2) is 16.0 Å². The van der Waals surface area contributed by atoms with Gasteiger partial charge in [-0.2, -0.15) is 4.98 Å². The molecule has 0 bridgehead atoms. The molecular formula is C22H19N3O3. The first-order chi connectivity index (χ1) is 13.6. The number of hydrogen-bond donors (Lipinski definition) is 0. The lowest BCUT2D eigenvalue weighted by Gasteiger charge is -2.22. The van der Waals surface area contributed by atoms with Crippen LogP contribution in [0.2, 0.25) is 0 Å². The molecule has 0 aliphatic carbocycles. The Morgan fingerprint density at radius 2 is 1.75 bits per heavy atom. The summed E-state index contributed by atoms with van der Waals surface area (Å²) in [6.45, 7) is 4.12. The van der Waals surface area contributed by atoms with E-state index in [-0.39, 0.29) is 5.91 Å². The highest BCUT2D eigenvalue weighted by Crippen LogP contribution is 2.23. The minimum atomic E-state index is -0.117. The molecule has 0 atom stereocenters. The van der Waals surface area contributed by atoms with Gasteiger partial charge in [0.2, 0.25) is 0 Å². The number of carbonyl (C=O) groups is 1. The van der Waals surface area contributed by atoms with Gasteiger partial charge >= 0.3 is 0 Å². The molecule has 0 unspecified atom stereocenters. The number of benzene rings is 2. The molecule has 2 aromatic heterocycles. The lowest BCUT2D eigenvalue weighted by Crippen LogP contribution is -2.30. The van der Waals surface area contributed by atoms with Crippen LogP contribution in [0.4, 0.5) is 5.69 Å². The van der Waals surface area contributed by atoms with Gasteiger partial charge in [0.25, 0.3) is 11.8 Å². The van der Waals surface area contributed by atoms with Gasteiger partial charge in [-0.1, -0.05) is 22.9 Å². The van der Waals surface area contributed by atoms with Crippen molar-refractivity contribution in [3.05, 3.63) is 89.6 Å². The molecule has 28 heavy (non-hydrogen) atoms. The Bertz CT molecular complexity index is 1070. The Hall–Kier alpha value is -3.67. The first kappa shape index (κ1) is 17.7. The molecule has 6 nitrogen and oxygen atoms in total. The normalized spacial score (nSPS) is 10.8. The number of nitrogens with zero attached hydrogens (tertiary/aromatic N) is 3. The Morgan fingerprint density at radius 3 is 2.36 bits per heavy atom. The standard InChI is InChI=1S/C22H19N3O3/c1-15-5-11-19(12-6-15)25(14-20-4-3-13-27-20)22(26)18-9-7-17(8-10-18)21-23-16(2)24-28-21/h3-13H,14H2,1-2H3. The number of furan rings is 1. The third kappa shape index (κ3) is 3.71. The van der Waals surface area contributed by atoms with Crippen LogP contribution < -0.4 is 4.90 Å². The van der Waals surface area contributed by atoms with Gasteiger partial charge in [0, 0.05) is 16.8 Å². The molecular weight excluding hydrogens is 354 g/mol. The molecule has 0 aliphatic rings. The average Bonchev–Trinajstić information content (AvgIpc) is 3.38. The highest BCUT2D eigenvalue weighted by molar-refractivity contribution is 6.06. The van der Waals surface area contributed by atoms with Crippen molar-refractivity contribution < 1.29 is 13.7 Å². The number of rotatable bonds is 5. The molecule has 0 N–H and O–H groups in total. The minimum Gasteiger partial charge on any atom is -0.467 e. The van der Waals surface area contributed by atoms with Crippen molar-refractivity contribution in [3.8, 4) is 11.5 Å². The molecule has 0 saturated carbocycles. The van der Waals surface area contributed by atoms with Crippen molar-refractivity contribution in [2.24, 2.45) is 0 Å². The first-order valence-corrected chi connectivity index (χ1v) is 8.92. The predicted octanol–water partition coefficient (Wildman–Crippen LogP) is 4.79. The zero-order valence-electron chi connectivity index (χ0n) is 15.6. The van der Waals surface area contributed by atoms with Crippen LogP contribution in [0.3, 0.4) is 0 Å². The molecule has 6 heteroatoms. The highest BCUT2D eigenvalue weighted by atomic mass is 16.5. The minimum absolute atomic E-state index is 0.117. The maximum absolute atomic E-state index is 13.2. The van der Waals surface area contributed by atoms with E-state index in [1.807, 2.05) is 43.3 Å². The largest absolute Gasteiger partial charge is 0.467 e. The number of anilines is 1. The fraction of sp³-hybridized carbons (Fsp3) is 0.136. The third-order valence-electron chi connectivity index (χ3n) is 4.39. The number of hydrogen-bond acceptors (Lipinski definition) is 5. The molecule has 0 radical (unpaired) electrons. The van der Waals surface area contributed by atoms with Crippen LogP contribution in [0.25, 0.3) is 11.5 Å². The van der Waals surface area contributed by atoms with Crippen LogP contribution in [0.15, 0.2) is 75.9 Å². The summed E-state index contributed by atoms with van der Waals surface area (Å²) < 4.78 is 10.6. The van der Waals surface area contributed by atoms with E-state index in [1.165, 1.54) is 0 Å².